The molecule has 0 amide bonds. The summed E-state index contributed by atoms with van der Waals surface area (Å²) in [4.78, 5) is 11.0. The van der Waals surface area contributed by atoms with Crippen molar-refractivity contribution in [3.8, 4) is 5.75 Å². The van der Waals surface area contributed by atoms with Crippen LogP contribution >= 0.6 is 0 Å². The molecule has 0 radical (unpaired) electrons. The van der Waals surface area contributed by atoms with Crippen LogP contribution in [0.25, 0.3) is 0 Å². The van der Waals surface area contributed by atoms with E-state index in [1.807, 2.05) is 0 Å². The van der Waals surface area contributed by atoms with E-state index in [-0.39, 0.29) is 17.0 Å². The van der Waals surface area contributed by atoms with Gasteiger partial charge in [0.2, 0.25) is 0 Å². The lowest BCUT2D eigenvalue weighted by Crippen LogP contribution is -1.95. The number of phenolic OH excluding ortho intramolecular Hbond substituents is 1. The normalized spacial score (nSPS) is 10.8. The Hall–Kier alpha value is -2.69. The molecule has 0 aromatic heterocycles. The van der Waals surface area contributed by atoms with E-state index in [1.54, 1.807) is 37.3 Å². The lowest BCUT2D eigenvalue weighted by Gasteiger charge is -2.02. The standard InChI is InChI=1S/C14H12N2O3/c1-9-5-4-8-12(17)13(9)16-15-11-7-3-2-6-10(11)14(18)19/h2-8,17H,1H3,(H,18,19). The molecule has 2 aromatic rings. The van der Waals surface area contributed by atoms with Crippen molar-refractivity contribution >= 4 is 17.3 Å². The topological polar surface area (TPSA) is 82.2 Å². The zero-order valence-corrected chi connectivity index (χ0v) is 10.2. The van der Waals surface area contributed by atoms with E-state index >= 15 is 0 Å². The lowest BCUT2D eigenvalue weighted by atomic mass is 10.2. The summed E-state index contributed by atoms with van der Waals surface area (Å²) in [5.41, 5.74) is 1.41. The molecule has 2 rings (SSSR count). The molecule has 0 fully saturated rings. The van der Waals surface area contributed by atoms with Crippen molar-refractivity contribution in [1.29, 1.82) is 0 Å². The van der Waals surface area contributed by atoms with Crippen LogP contribution in [0.15, 0.2) is 52.7 Å². The fraction of sp³-hybridized carbons (Fsp3) is 0.0714. The van der Waals surface area contributed by atoms with Crippen LogP contribution in [0.4, 0.5) is 11.4 Å². The average Bonchev–Trinajstić information content (AvgIpc) is 2.38. The van der Waals surface area contributed by atoms with E-state index in [0.717, 1.165) is 5.56 Å². The van der Waals surface area contributed by atoms with E-state index in [4.69, 9.17) is 5.11 Å². The van der Waals surface area contributed by atoms with Gasteiger partial charge in [-0.3, -0.25) is 0 Å². The first-order valence-electron chi connectivity index (χ1n) is 5.62. The molecule has 5 nitrogen and oxygen atoms in total. The number of hydrogen-bond donors (Lipinski definition) is 2. The minimum atomic E-state index is -1.07. The Morgan fingerprint density at radius 2 is 1.79 bits per heavy atom. The van der Waals surface area contributed by atoms with Gasteiger partial charge in [0.25, 0.3) is 0 Å². The summed E-state index contributed by atoms with van der Waals surface area (Å²) in [6, 6.07) is 11.3. The molecule has 0 aliphatic carbocycles. The molecule has 0 bridgehead atoms. The molecule has 0 atom stereocenters. The minimum Gasteiger partial charge on any atom is -0.506 e. The molecular weight excluding hydrogens is 244 g/mol. The SMILES string of the molecule is Cc1cccc(O)c1N=Nc1ccccc1C(=O)O. The molecule has 0 spiro atoms. The molecule has 0 aliphatic rings. The number of carbonyl (C=O) groups is 1. The molecule has 96 valence electrons. The summed E-state index contributed by atoms with van der Waals surface area (Å²) in [5.74, 6) is -1.06. The van der Waals surface area contributed by atoms with Crippen LogP contribution in [0.2, 0.25) is 0 Å². The summed E-state index contributed by atoms with van der Waals surface area (Å²) < 4.78 is 0. The van der Waals surface area contributed by atoms with Gasteiger partial charge in [-0.1, -0.05) is 24.3 Å². The third-order valence-corrected chi connectivity index (χ3v) is 2.61. The molecule has 0 aliphatic heterocycles. The van der Waals surface area contributed by atoms with Gasteiger partial charge in [-0.25, -0.2) is 4.79 Å². The van der Waals surface area contributed by atoms with Crippen LogP contribution in [-0.2, 0) is 0 Å². The number of aryl methyl sites for hydroxylation is 1. The quantitative estimate of drug-likeness (QED) is 0.819. The van der Waals surface area contributed by atoms with Gasteiger partial charge in [0.05, 0.1) is 5.56 Å². The van der Waals surface area contributed by atoms with Crippen molar-refractivity contribution in [2.75, 3.05) is 0 Å². The van der Waals surface area contributed by atoms with E-state index in [9.17, 15) is 9.90 Å². The number of rotatable bonds is 3. The molecule has 0 heterocycles. The van der Waals surface area contributed by atoms with Crippen molar-refractivity contribution in [1.82, 2.24) is 0 Å². The van der Waals surface area contributed by atoms with E-state index < -0.39 is 5.97 Å². The number of carboxylic acid groups (broad SMARTS) is 1. The first kappa shape index (κ1) is 12.8. The summed E-state index contributed by atoms with van der Waals surface area (Å²) in [5, 5.41) is 26.5. The zero-order valence-electron chi connectivity index (χ0n) is 10.2. The minimum absolute atomic E-state index is 0.0107. The van der Waals surface area contributed by atoms with Crippen LogP contribution in [0.5, 0.6) is 5.75 Å². The number of nitrogens with zero attached hydrogens (tertiary/aromatic N) is 2. The van der Waals surface area contributed by atoms with Crippen molar-refractivity contribution in [2.45, 2.75) is 6.92 Å². The maximum Gasteiger partial charge on any atom is 0.337 e. The Balaban J connectivity index is 2.41. The molecule has 5 heteroatoms. The second kappa shape index (κ2) is 5.30. The number of phenols is 1. The summed E-state index contributed by atoms with van der Waals surface area (Å²) in [6.07, 6.45) is 0. The number of aromatic hydroxyl groups is 1. The number of carboxylic acids is 1. The highest BCUT2D eigenvalue weighted by atomic mass is 16.4. The van der Waals surface area contributed by atoms with Crippen molar-refractivity contribution in [2.24, 2.45) is 10.2 Å². The zero-order chi connectivity index (χ0) is 13.8. The maximum atomic E-state index is 11.0. The summed E-state index contributed by atoms with van der Waals surface area (Å²) in [7, 11) is 0. The van der Waals surface area contributed by atoms with Crippen LogP contribution in [0.3, 0.4) is 0 Å². The highest BCUT2D eigenvalue weighted by Crippen LogP contribution is 2.31. The Kier molecular flexibility index (Phi) is 3.56. The number of benzene rings is 2. The first-order chi connectivity index (χ1) is 9.09. The van der Waals surface area contributed by atoms with Crippen LogP contribution in [-0.4, -0.2) is 16.2 Å². The maximum absolute atomic E-state index is 11.0. The van der Waals surface area contributed by atoms with Crippen molar-refractivity contribution in [3.63, 3.8) is 0 Å². The first-order valence-corrected chi connectivity index (χ1v) is 5.62. The Morgan fingerprint density at radius 1 is 1.05 bits per heavy atom. The van der Waals surface area contributed by atoms with Gasteiger partial charge >= 0.3 is 5.97 Å². The molecule has 19 heavy (non-hydrogen) atoms. The van der Waals surface area contributed by atoms with Crippen molar-refractivity contribution in [3.05, 3.63) is 53.6 Å². The van der Waals surface area contributed by atoms with Gasteiger partial charge in [-0.15, -0.1) is 10.2 Å². The monoisotopic (exact) mass is 256 g/mol. The number of hydrogen-bond acceptors (Lipinski definition) is 4. The second-order valence-electron chi connectivity index (χ2n) is 3.96. The lowest BCUT2D eigenvalue weighted by molar-refractivity contribution is 0.0698. The Labute approximate surface area is 109 Å². The van der Waals surface area contributed by atoms with E-state index in [1.165, 1.54) is 12.1 Å². The Bertz CT molecular complexity index is 631. The molecule has 0 unspecified atom stereocenters. The summed E-state index contributed by atoms with van der Waals surface area (Å²) >= 11 is 0. The number of azo groups is 1. The summed E-state index contributed by atoms with van der Waals surface area (Å²) in [6.45, 7) is 1.79. The van der Waals surface area contributed by atoms with E-state index in [0.29, 0.717) is 5.69 Å². The third-order valence-electron chi connectivity index (χ3n) is 2.61. The van der Waals surface area contributed by atoms with Crippen LogP contribution in [0, 0.1) is 6.92 Å². The molecule has 2 aromatic carbocycles. The van der Waals surface area contributed by atoms with E-state index in [2.05, 4.69) is 10.2 Å². The van der Waals surface area contributed by atoms with Gasteiger partial charge < -0.3 is 10.2 Å². The highest BCUT2D eigenvalue weighted by Gasteiger charge is 2.09. The number of aromatic carboxylic acids is 1. The van der Waals surface area contributed by atoms with Gasteiger partial charge in [0, 0.05) is 0 Å². The molecule has 0 saturated heterocycles. The van der Waals surface area contributed by atoms with Crippen LogP contribution < -0.4 is 0 Å². The fourth-order valence-corrected chi connectivity index (χ4v) is 1.62. The van der Waals surface area contributed by atoms with Crippen molar-refractivity contribution < 1.29 is 15.0 Å². The van der Waals surface area contributed by atoms with Crippen LogP contribution in [0.1, 0.15) is 15.9 Å². The highest BCUT2D eigenvalue weighted by molar-refractivity contribution is 5.93. The predicted octanol–water partition coefficient (Wildman–Crippen LogP) is 3.81. The smallest absolute Gasteiger partial charge is 0.337 e. The molecular formula is C14H12N2O3. The largest absolute Gasteiger partial charge is 0.506 e. The molecule has 0 saturated carbocycles. The average molecular weight is 256 g/mol. The predicted molar refractivity (Wildman–Crippen MR) is 70.4 cm³/mol. The van der Waals surface area contributed by atoms with Gasteiger partial charge in [0.1, 0.15) is 17.1 Å². The fourth-order valence-electron chi connectivity index (χ4n) is 1.62. The van der Waals surface area contributed by atoms with Gasteiger partial charge in [-0.2, -0.15) is 0 Å². The molecule has 2 N–H and O–H groups in total. The van der Waals surface area contributed by atoms with Gasteiger partial charge in [0.15, 0.2) is 0 Å². The Morgan fingerprint density at radius 3 is 2.47 bits per heavy atom. The third kappa shape index (κ3) is 2.77. The second-order valence-corrected chi connectivity index (χ2v) is 3.96. The van der Waals surface area contributed by atoms with Gasteiger partial charge in [-0.05, 0) is 30.7 Å².